The zero-order valence-corrected chi connectivity index (χ0v) is 16.3. The summed E-state index contributed by atoms with van der Waals surface area (Å²) >= 11 is 0. The van der Waals surface area contributed by atoms with Gasteiger partial charge < -0.3 is 45.2 Å². The van der Waals surface area contributed by atoms with E-state index in [1.165, 1.54) is 24.3 Å². The van der Waals surface area contributed by atoms with Crippen molar-refractivity contribution >= 4 is 5.97 Å². The van der Waals surface area contributed by atoms with Crippen LogP contribution in [0.2, 0.25) is 0 Å². The van der Waals surface area contributed by atoms with Gasteiger partial charge in [-0.05, 0) is 29.8 Å². The summed E-state index contributed by atoms with van der Waals surface area (Å²) in [6, 6.07) is 8.14. The number of phenols is 6. The maximum Gasteiger partial charge on any atom is 0.343 e. The highest BCUT2D eigenvalue weighted by Gasteiger charge is 2.33. The van der Waals surface area contributed by atoms with Crippen molar-refractivity contribution in [1.29, 1.82) is 0 Å². The van der Waals surface area contributed by atoms with Gasteiger partial charge in [-0.3, -0.25) is 0 Å². The molecule has 0 saturated heterocycles. The molecule has 0 aliphatic carbocycles. The number of aliphatic hydroxyl groups is 1. The highest BCUT2D eigenvalue weighted by molar-refractivity contribution is 5.93. The van der Waals surface area contributed by atoms with E-state index in [1.807, 2.05) is 0 Å². The van der Waals surface area contributed by atoms with Crippen LogP contribution in [0.15, 0.2) is 42.5 Å². The molecule has 10 heteroatoms. The number of aromatic hydroxyl groups is 6. The van der Waals surface area contributed by atoms with Crippen LogP contribution in [-0.4, -0.2) is 47.8 Å². The van der Waals surface area contributed by atoms with Crippen molar-refractivity contribution in [1.82, 2.24) is 0 Å². The van der Waals surface area contributed by atoms with Gasteiger partial charge in [0.15, 0.2) is 28.7 Å². The number of benzene rings is 3. The number of ether oxygens (including phenoxy) is 2. The van der Waals surface area contributed by atoms with Crippen molar-refractivity contribution in [2.45, 2.75) is 18.6 Å². The molecule has 0 fully saturated rings. The molecule has 4 rings (SSSR count). The fourth-order valence-electron chi connectivity index (χ4n) is 3.42. The minimum Gasteiger partial charge on any atom is -0.508 e. The standard InChI is InChI=1S/C22H18O10/c23-11-6-18-12(8-17(28)21(31-18)9-1-2-13(24)14(25)3-9)19(7-11)32-22(30)10-4-15(26)20(29)16(27)5-10/h1-7,17,21,23-29H,8H2/t17-,21-/m0/s1. The second-order valence-electron chi connectivity index (χ2n) is 7.23. The third-order valence-corrected chi connectivity index (χ3v) is 5.01. The van der Waals surface area contributed by atoms with E-state index in [2.05, 4.69) is 0 Å². The summed E-state index contributed by atoms with van der Waals surface area (Å²) in [6.07, 6.45) is -2.11. The first-order valence-corrected chi connectivity index (χ1v) is 9.33. The first-order chi connectivity index (χ1) is 15.1. The number of phenolic OH excluding ortho intramolecular Hbond substituents is 6. The summed E-state index contributed by atoms with van der Waals surface area (Å²) in [7, 11) is 0. The molecule has 0 amide bonds. The maximum atomic E-state index is 12.5. The van der Waals surface area contributed by atoms with Gasteiger partial charge in [0, 0.05) is 24.1 Å². The third-order valence-electron chi connectivity index (χ3n) is 5.01. The Kier molecular flexibility index (Phi) is 5.07. The lowest BCUT2D eigenvalue weighted by molar-refractivity contribution is 0.0194. The number of fused-ring (bicyclic) bond motifs is 1. The quantitative estimate of drug-likeness (QED) is 0.181. The Morgan fingerprint density at radius 2 is 1.56 bits per heavy atom. The molecule has 1 aliphatic rings. The van der Waals surface area contributed by atoms with Crippen LogP contribution in [0.3, 0.4) is 0 Å². The number of hydrogen-bond donors (Lipinski definition) is 7. The molecule has 0 spiro atoms. The molecule has 0 unspecified atom stereocenters. The van der Waals surface area contributed by atoms with E-state index in [-0.39, 0.29) is 40.5 Å². The van der Waals surface area contributed by atoms with Gasteiger partial charge in [0.2, 0.25) is 0 Å². The second kappa shape index (κ2) is 7.75. The van der Waals surface area contributed by atoms with Gasteiger partial charge in [0.25, 0.3) is 0 Å². The Bertz CT molecular complexity index is 1200. The van der Waals surface area contributed by atoms with Crippen molar-refractivity contribution in [3.05, 3.63) is 59.2 Å². The van der Waals surface area contributed by atoms with Crippen LogP contribution >= 0.6 is 0 Å². The van der Waals surface area contributed by atoms with E-state index in [0.717, 1.165) is 18.2 Å². The van der Waals surface area contributed by atoms with Crippen LogP contribution in [0.25, 0.3) is 0 Å². The van der Waals surface area contributed by atoms with Gasteiger partial charge in [0.1, 0.15) is 23.4 Å². The maximum absolute atomic E-state index is 12.5. The summed E-state index contributed by atoms with van der Waals surface area (Å²) in [5.41, 5.74) is 0.370. The van der Waals surface area contributed by atoms with Gasteiger partial charge in [-0.25, -0.2) is 4.79 Å². The monoisotopic (exact) mass is 442 g/mol. The fraction of sp³-hybridized carbons (Fsp3) is 0.136. The van der Waals surface area contributed by atoms with Crippen LogP contribution in [0.4, 0.5) is 0 Å². The smallest absolute Gasteiger partial charge is 0.343 e. The van der Waals surface area contributed by atoms with Crippen molar-refractivity contribution in [2.75, 3.05) is 0 Å². The minimum absolute atomic E-state index is 0.0450. The van der Waals surface area contributed by atoms with Crippen LogP contribution in [-0.2, 0) is 6.42 Å². The van der Waals surface area contributed by atoms with Crippen molar-refractivity contribution in [3.63, 3.8) is 0 Å². The number of carbonyl (C=O) groups is 1. The van der Waals surface area contributed by atoms with Crippen LogP contribution in [0, 0.1) is 0 Å². The molecule has 32 heavy (non-hydrogen) atoms. The molecule has 10 nitrogen and oxygen atoms in total. The topological polar surface area (TPSA) is 177 Å². The van der Waals surface area contributed by atoms with Crippen LogP contribution in [0.5, 0.6) is 46.0 Å². The Labute approximate surface area is 180 Å². The molecule has 0 radical (unpaired) electrons. The summed E-state index contributed by atoms with van der Waals surface area (Å²) in [5.74, 6) is -4.29. The molecule has 3 aromatic carbocycles. The Morgan fingerprint density at radius 3 is 2.22 bits per heavy atom. The predicted octanol–water partition coefficient (Wildman–Crippen LogP) is 2.18. The highest BCUT2D eigenvalue weighted by atomic mass is 16.5. The van der Waals surface area contributed by atoms with Gasteiger partial charge in [0.05, 0.1) is 11.7 Å². The van der Waals surface area contributed by atoms with Gasteiger partial charge >= 0.3 is 5.97 Å². The van der Waals surface area contributed by atoms with E-state index in [0.29, 0.717) is 5.56 Å². The summed E-state index contributed by atoms with van der Waals surface area (Å²) in [6.45, 7) is 0. The van der Waals surface area contributed by atoms with Gasteiger partial charge in [-0.15, -0.1) is 0 Å². The lowest BCUT2D eigenvalue weighted by Crippen LogP contribution is -2.30. The number of aliphatic hydroxyl groups excluding tert-OH is 1. The summed E-state index contributed by atoms with van der Waals surface area (Å²) < 4.78 is 11.1. The SMILES string of the molecule is O=C(Oc1cc(O)cc2c1C[C@H](O)[C@H](c1ccc(O)c(O)c1)O2)c1cc(O)c(O)c(O)c1. The largest absolute Gasteiger partial charge is 0.508 e. The summed E-state index contributed by atoms with van der Waals surface area (Å²) in [4.78, 5) is 12.5. The number of rotatable bonds is 3. The first kappa shape index (κ1) is 20.9. The number of esters is 1. The molecular weight excluding hydrogens is 424 g/mol. The Hall–Kier alpha value is -4.31. The Balaban J connectivity index is 1.65. The molecule has 0 aromatic heterocycles. The lowest BCUT2D eigenvalue weighted by Gasteiger charge is -2.32. The zero-order valence-electron chi connectivity index (χ0n) is 16.3. The molecule has 0 saturated carbocycles. The molecule has 2 atom stereocenters. The average Bonchev–Trinajstić information content (AvgIpc) is 2.73. The molecule has 7 N–H and O–H groups in total. The molecule has 3 aromatic rings. The molecular formula is C22H18O10. The average molecular weight is 442 g/mol. The summed E-state index contributed by atoms with van der Waals surface area (Å²) in [5, 5.41) is 68.5. The van der Waals surface area contributed by atoms with Gasteiger partial charge in [-0.1, -0.05) is 6.07 Å². The normalized spacial score (nSPS) is 17.3. The van der Waals surface area contributed by atoms with Gasteiger partial charge in [-0.2, -0.15) is 0 Å². The van der Waals surface area contributed by atoms with Crippen LogP contribution < -0.4 is 9.47 Å². The number of hydrogen-bond acceptors (Lipinski definition) is 10. The third kappa shape index (κ3) is 3.74. The van der Waals surface area contributed by atoms with Crippen molar-refractivity contribution in [3.8, 4) is 46.0 Å². The van der Waals surface area contributed by atoms with E-state index in [1.54, 1.807) is 0 Å². The highest BCUT2D eigenvalue weighted by Crippen LogP contribution is 2.44. The first-order valence-electron chi connectivity index (χ1n) is 9.33. The molecule has 1 heterocycles. The number of carbonyl (C=O) groups excluding carboxylic acids is 1. The van der Waals surface area contributed by atoms with Crippen molar-refractivity contribution < 1.29 is 50.0 Å². The Morgan fingerprint density at radius 1 is 0.875 bits per heavy atom. The molecule has 1 aliphatic heterocycles. The second-order valence-corrected chi connectivity index (χ2v) is 7.23. The lowest BCUT2D eigenvalue weighted by atomic mass is 9.94. The van der Waals surface area contributed by atoms with E-state index in [4.69, 9.17) is 9.47 Å². The van der Waals surface area contributed by atoms with Crippen molar-refractivity contribution in [2.24, 2.45) is 0 Å². The minimum atomic E-state index is -1.13. The van der Waals surface area contributed by atoms with E-state index < -0.39 is 41.2 Å². The van der Waals surface area contributed by atoms with E-state index in [9.17, 15) is 40.5 Å². The van der Waals surface area contributed by atoms with E-state index >= 15 is 0 Å². The molecule has 166 valence electrons. The molecule has 0 bridgehead atoms. The fourth-order valence-corrected chi connectivity index (χ4v) is 3.42. The van der Waals surface area contributed by atoms with Crippen LogP contribution in [0.1, 0.15) is 27.6 Å². The predicted molar refractivity (Wildman–Crippen MR) is 107 cm³/mol. The zero-order chi connectivity index (χ0) is 23.2.